The first-order valence-corrected chi connectivity index (χ1v) is 5.55. The summed E-state index contributed by atoms with van der Waals surface area (Å²) in [5, 5.41) is 0. The fourth-order valence-corrected chi connectivity index (χ4v) is 2.12. The Morgan fingerprint density at radius 3 is 2.56 bits per heavy atom. The highest BCUT2D eigenvalue weighted by molar-refractivity contribution is 5.55. The molecule has 0 aromatic carbocycles. The van der Waals surface area contributed by atoms with Crippen LogP contribution in [0.4, 0.5) is 11.6 Å². The summed E-state index contributed by atoms with van der Waals surface area (Å²) < 4.78 is 5.69. The third-order valence-corrected chi connectivity index (χ3v) is 2.82. The van der Waals surface area contributed by atoms with Crippen molar-refractivity contribution in [3.05, 3.63) is 11.9 Å². The molecule has 0 spiro atoms. The maximum Gasteiger partial charge on any atom is 0.137 e. The predicted molar refractivity (Wildman–Crippen MR) is 63.4 cm³/mol. The van der Waals surface area contributed by atoms with E-state index in [4.69, 9.17) is 10.5 Å². The van der Waals surface area contributed by atoms with Gasteiger partial charge >= 0.3 is 0 Å². The molecule has 0 bridgehead atoms. The SMILES string of the molecule is Cc1c(N)ncnc1N1C[C@@H](C)O[C@@H](C)C1. The fraction of sp³-hybridized carbons (Fsp3) is 0.636. The van der Waals surface area contributed by atoms with E-state index in [2.05, 4.69) is 28.7 Å². The van der Waals surface area contributed by atoms with Gasteiger partial charge < -0.3 is 15.4 Å². The van der Waals surface area contributed by atoms with E-state index in [1.165, 1.54) is 6.33 Å². The minimum absolute atomic E-state index is 0.222. The summed E-state index contributed by atoms with van der Waals surface area (Å²) in [6, 6.07) is 0. The first-order valence-electron chi connectivity index (χ1n) is 5.55. The molecule has 2 atom stereocenters. The lowest BCUT2D eigenvalue weighted by atomic mass is 10.2. The van der Waals surface area contributed by atoms with Gasteiger partial charge in [0.2, 0.25) is 0 Å². The van der Waals surface area contributed by atoms with E-state index in [0.29, 0.717) is 5.82 Å². The molecule has 1 aromatic heterocycles. The number of ether oxygens (including phenoxy) is 1. The molecule has 5 heteroatoms. The smallest absolute Gasteiger partial charge is 0.137 e. The van der Waals surface area contributed by atoms with E-state index in [1.54, 1.807) is 0 Å². The number of nitrogens with two attached hydrogens (primary N) is 1. The molecule has 0 saturated carbocycles. The molecular weight excluding hydrogens is 204 g/mol. The predicted octanol–water partition coefficient (Wildman–Crippen LogP) is 0.981. The van der Waals surface area contributed by atoms with Crippen LogP contribution in [0.15, 0.2) is 6.33 Å². The van der Waals surface area contributed by atoms with Crippen molar-refractivity contribution < 1.29 is 4.74 Å². The Morgan fingerprint density at radius 1 is 1.31 bits per heavy atom. The number of rotatable bonds is 1. The van der Waals surface area contributed by atoms with Gasteiger partial charge in [-0.05, 0) is 20.8 Å². The summed E-state index contributed by atoms with van der Waals surface area (Å²) in [5.41, 5.74) is 6.74. The number of morpholine rings is 1. The number of hydrogen-bond donors (Lipinski definition) is 1. The van der Waals surface area contributed by atoms with E-state index in [9.17, 15) is 0 Å². The molecule has 1 fully saturated rings. The Kier molecular flexibility index (Phi) is 2.96. The third kappa shape index (κ3) is 2.09. The summed E-state index contributed by atoms with van der Waals surface area (Å²) in [5.74, 6) is 1.48. The van der Waals surface area contributed by atoms with Gasteiger partial charge in [-0.3, -0.25) is 0 Å². The van der Waals surface area contributed by atoms with Crippen LogP contribution in [-0.2, 0) is 4.74 Å². The molecule has 1 saturated heterocycles. The van der Waals surface area contributed by atoms with Crippen LogP contribution in [0, 0.1) is 6.92 Å². The number of nitrogens with zero attached hydrogens (tertiary/aromatic N) is 3. The highest BCUT2D eigenvalue weighted by Crippen LogP contribution is 2.23. The molecule has 1 aromatic rings. The minimum atomic E-state index is 0.222. The van der Waals surface area contributed by atoms with Gasteiger partial charge in [0.1, 0.15) is 18.0 Å². The molecule has 2 heterocycles. The summed E-state index contributed by atoms with van der Waals surface area (Å²) in [7, 11) is 0. The van der Waals surface area contributed by atoms with Crippen molar-refractivity contribution in [1.29, 1.82) is 0 Å². The van der Waals surface area contributed by atoms with Gasteiger partial charge in [-0.2, -0.15) is 0 Å². The molecule has 16 heavy (non-hydrogen) atoms. The zero-order valence-electron chi connectivity index (χ0n) is 9.97. The first-order chi connectivity index (χ1) is 7.58. The Bertz CT molecular complexity index is 372. The molecule has 88 valence electrons. The lowest BCUT2D eigenvalue weighted by molar-refractivity contribution is -0.00549. The van der Waals surface area contributed by atoms with Crippen LogP contribution < -0.4 is 10.6 Å². The van der Waals surface area contributed by atoms with Gasteiger partial charge in [0.15, 0.2) is 0 Å². The molecule has 0 unspecified atom stereocenters. The lowest BCUT2D eigenvalue weighted by Gasteiger charge is -2.36. The Balaban J connectivity index is 2.26. The minimum Gasteiger partial charge on any atom is -0.383 e. The van der Waals surface area contributed by atoms with E-state index in [0.717, 1.165) is 24.5 Å². The van der Waals surface area contributed by atoms with Crippen LogP contribution in [0.2, 0.25) is 0 Å². The monoisotopic (exact) mass is 222 g/mol. The maximum atomic E-state index is 5.79. The third-order valence-electron chi connectivity index (χ3n) is 2.82. The van der Waals surface area contributed by atoms with Crippen molar-refractivity contribution in [2.24, 2.45) is 0 Å². The molecule has 1 aliphatic rings. The topological polar surface area (TPSA) is 64.3 Å². The fourth-order valence-electron chi connectivity index (χ4n) is 2.12. The van der Waals surface area contributed by atoms with Gasteiger partial charge in [0, 0.05) is 18.7 Å². The first kappa shape index (κ1) is 11.1. The van der Waals surface area contributed by atoms with Gasteiger partial charge in [0.25, 0.3) is 0 Å². The number of anilines is 2. The summed E-state index contributed by atoms with van der Waals surface area (Å²) in [4.78, 5) is 10.5. The molecule has 0 aliphatic carbocycles. The van der Waals surface area contributed by atoms with Crippen molar-refractivity contribution in [3.63, 3.8) is 0 Å². The second-order valence-corrected chi connectivity index (χ2v) is 4.37. The number of aromatic nitrogens is 2. The lowest BCUT2D eigenvalue weighted by Crippen LogP contribution is -2.46. The average molecular weight is 222 g/mol. The highest BCUT2D eigenvalue weighted by Gasteiger charge is 2.24. The van der Waals surface area contributed by atoms with Crippen LogP contribution in [0.1, 0.15) is 19.4 Å². The van der Waals surface area contributed by atoms with E-state index in [1.807, 2.05) is 6.92 Å². The molecular formula is C11H18N4O. The van der Waals surface area contributed by atoms with Gasteiger partial charge in [-0.1, -0.05) is 0 Å². The second kappa shape index (κ2) is 4.25. The summed E-state index contributed by atoms with van der Waals surface area (Å²) >= 11 is 0. The van der Waals surface area contributed by atoms with E-state index >= 15 is 0 Å². The normalized spacial score (nSPS) is 25.8. The molecule has 1 aliphatic heterocycles. The van der Waals surface area contributed by atoms with Gasteiger partial charge in [-0.15, -0.1) is 0 Å². The summed E-state index contributed by atoms with van der Waals surface area (Å²) in [6.45, 7) is 7.80. The Hall–Kier alpha value is -1.36. The number of hydrogen-bond acceptors (Lipinski definition) is 5. The van der Waals surface area contributed by atoms with Crippen LogP contribution in [0.5, 0.6) is 0 Å². The van der Waals surface area contributed by atoms with E-state index < -0.39 is 0 Å². The van der Waals surface area contributed by atoms with Crippen molar-refractivity contribution in [2.45, 2.75) is 33.0 Å². The van der Waals surface area contributed by atoms with Gasteiger partial charge in [0.05, 0.1) is 12.2 Å². The van der Waals surface area contributed by atoms with Crippen molar-refractivity contribution in [3.8, 4) is 0 Å². The zero-order valence-corrected chi connectivity index (χ0v) is 9.97. The van der Waals surface area contributed by atoms with Crippen LogP contribution in [0.25, 0.3) is 0 Å². The van der Waals surface area contributed by atoms with Crippen molar-refractivity contribution in [2.75, 3.05) is 23.7 Å². The highest BCUT2D eigenvalue weighted by atomic mass is 16.5. The standard InChI is InChI=1S/C11H18N4O/c1-7-4-15(5-8(2)16-7)11-9(3)10(12)13-6-14-11/h6-8H,4-5H2,1-3H3,(H2,12,13,14)/t7-,8+. The molecule has 0 radical (unpaired) electrons. The summed E-state index contributed by atoms with van der Waals surface area (Å²) in [6.07, 6.45) is 1.96. The molecule has 2 rings (SSSR count). The zero-order chi connectivity index (χ0) is 11.7. The quantitative estimate of drug-likeness (QED) is 0.767. The molecule has 5 nitrogen and oxygen atoms in total. The van der Waals surface area contributed by atoms with E-state index in [-0.39, 0.29) is 12.2 Å². The molecule has 2 N–H and O–H groups in total. The van der Waals surface area contributed by atoms with Crippen molar-refractivity contribution in [1.82, 2.24) is 9.97 Å². The van der Waals surface area contributed by atoms with Crippen LogP contribution in [0.3, 0.4) is 0 Å². The second-order valence-electron chi connectivity index (χ2n) is 4.37. The van der Waals surface area contributed by atoms with Crippen molar-refractivity contribution >= 4 is 11.6 Å². The average Bonchev–Trinajstić information content (AvgIpc) is 2.20. The number of nitrogen functional groups attached to an aromatic ring is 1. The van der Waals surface area contributed by atoms with Crippen LogP contribution in [-0.4, -0.2) is 35.3 Å². The maximum absolute atomic E-state index is 5.79. The van der Waals surface area contributed by atoms with Crippen LogP contribution >= 0.6 is 0 Å². The largest absolute Gasteiger partial charge is 0.383 e. The Morgan fingerprint density at radius 2 is 1.94 bits per heavy atom. The molecule has 0 amide bonds. The van der Waals surface area contributed by atoms with Gasteiger partial charge in [-0.25, -0.2) is 9.97 Å². The Labute approximate surface area is 95.6 Å².